The minimum Gasteiger partial charge on any atom is -0.351 e. The van der Waals surface area contributed by atoms with E-state index in [4.69, 9.17) is 5.73 Å². The minimum atomic E-state index is -0.135. The topological polar surface area (TPSA) is 84.2 Å². The highest BCUT2D eigenvalue weighted by molar-refractivity contribution is 6.01. The van der Waals surface area contributed by atoms with E-state index in [-0.39, 0.29) is 17.2 Å². The van der Waals surface area contributed by atoms with E-state index in [1.165, 1.54) is 0 Å². The molecule has 0 aliphatic carbocycles. The summed E-state index contributed by atoms with van der Waals surface area (Å²) in [4.78, 5) is 23.3. The number of nitrogens with two attached hydrogens (primary N) is 1. The van der Waals surface area contributed by atoms with Crippen molar-refractivity contribution >= 4 is 17.5 Å². The molecule has 0 aromatic heterocycles. The van der Waals surface area contributed by atoms with E-state index in [1.807, 2.05) is 13.8 Å². The number of rotatable bonds is 4. The molecular formula is C14H19N3O2. The van der Waals surface area contributed by atoms with Crippen molar-refractivity contribution in [2.24, 2.45) is 11.1 Å². The van der Waals surface area contributed by atoms with Crippen LogP contribution in [0, 0.1) is 5.41 Å². The molecule has 19 heavy (non-hydrogen) atoms. The van der Waals surface area contributed by atoms with Crippen molar-refractivity contribution in [1.29, 1.82) is 0 Å². The number of amides is 2. The Bertz CT molecular complexity index is 523. The predicted octanol–water partition coefficient (Wildman–Crippen LogP) is 0.896. The van der Waals surface area contributed by atoms with E-state index in [9.17, 15) is 9.59 Å². The van der Waals surface area contributed by atoms with Gasteiger partial charge < -0.3 is 16.4 Å². The lowest BCUT2D eigenvalue weighted by molar-refractivity contribution is -0.115. The molecule has 1 aliphatic heterocycles. The molecule has 0 saturated heterocycles. The zero-order valence-corrected chi connectivity index (χ0v) is 11.2. The summed E-state index contributed by atoms with van der Waals surface area (Å²) < 4.78 is 0. The van der Waals surface area contributed by atoms with Crippen LogP contribution in [0.4, 0.5) is 5.69 Å². The van der Waals surface area contributed by atoms with E-state index >= 15 is 0 Å². The van der Waals surface area contributed by atoms with Crippen LogP contribution in [0.25, 0.3) is 0 Å². The van der Waals surface area contributed by atoms with Crippen molar-refractivity contribution in [3.05, 3.63) is 29.3 Å². The van der Waals surface area contributed by atoms with Gasteiger partial charge in [-0.1, -0.05) is 13.8 Å². The quantitative estimate of drug-likeness (QED) is 0.752. The van der Waals surface area contributed by atoms with Gasteiger partial charge in [0.1, 0.15) is 0 Å². The highest BCUT2D eigenvalue weighted by Crippen LogP contribution is 2.23. The average Bonchev–Trinajstić information content (AvgIpc) is 2.75. The van der Waals surface area contributed by atoms with Crippen molar-refractivity contribution < 1.29 is 9.59 Å². The second kappa shape index (κ2) is 5.01. The number of fused-ring (bicyclic) bond motifs is 1. The van der Waals surface area contributed by atoms with Gasteiger partial charge >= 0.3 is 0 Å². The first-order valence-corrected chi connectivity index (χ1v) is 6.32. The van der Waals surface area contributed by atoms with Gasteiger partial charge in [-0.3, -0.25) is 9.59 Å². The second-order valence-corrected chi connectivity index (χ2v) is 5.65. The van der Waals surface area contributed by atoms with E-state index < -0.39 is 0 Å². The molecule has 4 N–H and O–H groups in total. The van der Waals surface area contributed by atoms with Crippen LogP contribution in [0.3, 0.4) is 0 Å². The van der Waals surface area contributed by atoms with E-state index in [0.717, 1.165) is 11.3 Å². The van der Waals surface area contributed by atoms with Crippen molar-refractivity contribution in [2.45, 2.75) is 20.3 Å². The number of hydrogen-bond acceptors (Lipinski definition) is 3. The van der Waals surface area contributed by atoms with Crippen molar-refractivity contribution in [2.75, 3.05) is 18.4 Å². The highest BCUT2D eigenvalue weighted by atomic mass is 16.2. The van der Waals surface area contributed by atoms with Gasteiger partial charge in [-0.25, -0.2) is 0 Å². The van der Waals surface area contributed by atoms with E-state index in [1.54, 1.807) is 18.2 Å². The molecule has 1 aromatic rings. The third kappa shape index (κ3) is 3.12. The van der Waals surface area contributed by atoms with Crippen LogP contribution in [-0.2, 0) is 11.2 Å². The Labute approximate surface area is 112 Å². The monoisotopic (exact) mass is 261 g/mol. The molecule has 1 heterocycles. The maximum atomic E-state index is 12.0. The minimum absolute atomic E-state index is 0.0307. The number of benzene rings is 1. The molecule has 0 atom stereocenters. The number of anilines is 1. The molecule has 0 spiro atoms. The highest BCUT2D eigenvalue weighted by Gasteiger charge is 2.20. The van der Waals surface area contributed by atoms with Gasteiger partial charge in [0.25, 0.3) is 5.91 Å². The normalized spacial score (nSPS) is 13.9. The van der Waals surface area contributed by atoms with Gasteiger partial charge in [0.15, 0.2) is 0 Å². The zero-order valence-electron chi connectivity index (χ0n) is 11.2. The van der Waals surface area contributed by atoms with Gasteiger partial charge in [-0.05, 0) is 35.7 Å². The van der Waals surface area contributed by atoms with Crippen LogP contribution in [0.15, 0.2) is 18.2 Å². The first-order valence-electron chi connectivity index (χ1n) is 6.32. The number of hydrogen-bond donors (Lipinski definition) is 3. The lowest BCUT2D eigenvalue weighted by Crippen LogP contribution is -2.38. The molecule has 2 amide bonds. The van der Waals surface area contributed by atoms with Crippen LogP contribution >= 0.6 is 0 Å². The molecule has 102 valence electrons. The van der Waals surface area contributed by atoms with Gasteiger partial charge in [0.2, 0.25) is 5.91 Å². The molecule has 5 heteroatoms. The third-order valence-corrected chi connectivity index (χ3v) is 3.27. The maximum Gasteiger partial charge on any atom is 0.251 e. The molecule has 2 rings (SSSR count). The first kappa shape index (κ1) is 13.5. The van der Waals surface area contributed by atoms with Crippen LogP contribution in [0.5, 0.6) is 0 Å². The fourth-order valence-corrected chi connectivity index (χ4v) is 1.86. The van der Waals surface area contributed by atoms with Crippen LogP contribution < -0.4 is 16.4 Å². The van der Waals surface area contributed by atoms with E-state index in [2.05, 4.69) is 10.6 Å². The molecule has 5 nitrogen and oxygen atoms in total. The average molecular weight is 261 g/mol. The molecule has 1 aliphatic rings. The summed E-state index contributed by atoms with van der Waals surface area (Å²) >= 11 is 0. The molecule has 0 saturated carbocycles. The van der Waals surface area contributed by atoms with Crippen LogP contribution in [-0.4, -0.2) is 24.9 Å². The lowest BCUT2D eigenvalue weighted by atomic mass is 9.94. The predicted molar refractivity (Wildman–Crippen MR) is 73.9 cm³/mol. The summed E-state index contributed by atoms with van der Waals surface area (Å²) in [5.74, 6) is -0.166. The Morgan fingerprint density at radius 3 is 2.89 bits per heavy atom. The number of nitrogens with one attached hydrogen (secondary N) is 2. The summed E-state index contributed by atoms with van der Waals surface area (Å²) in [6, 6.07) is 5.25. The lowest BCUT2D eigenvalue weighted by Gasteiger charge is -2.22. The molecule has 0 fully saturated rings. The zero-order chi connectivity index (χ0) is 14.0. The largest absolute Gasteiger partial charge is 0.351 e. The fourth-order valence-electron chi connectivity index (χ4n) is 1.86. The van der Waals surface area contributed by atoms with Crippen molar-refractivity contribution in [3.8, 4) is 0 Å². The fraction of sp³-hybridized carbons (Fsp3) is 0.429. The van der Waals surface area contributed by atoms with Gasteiger partial charge in [0.05, 0.1) is 6.42 Å². The van der Waals surface area contributed by atoms with Crippen molar-refractivity contribution in [1.82, 2.24) is 5.32 Å². The van der Waals surface area contributed by atoms with Gasteiger partial charge in [-0.2, -0.15) is 0 Å². The summed E-state index contributed by atoms with van der Waals surface area (Å²) in [6.07, 6.45) is 0.338. The Hall–Kier alpha value is -1.88. The Morgan fingerprint density at radius 2 is 2.21 bits per heavy atom. The molecule has 1 aromatic carbocycles. The molecule has 0 unspecified atom stereocenters. The Balaban J connectivity index is 2.05. The van der Waals surface area contributed by atoms with E-state index in [0.29, 0.717) is 25.1 Å². The van der Waals surface area contributed by atoms with Crippen LogP contribution in [0.2, 0.25) is 0 Å². The summed E-state index contributed by atoms with van der Waals surface area (Å²) in [6.45, 7) is 5.03. The molecule has 0 bridgehead atoms. The first-order chi connectivity index (χ1) is 8.91. The second-order valence-electron chi connectivity index (χ2n) is 5.65. The van der Waals surface area contributed by atoms with Crippen molar-refractivity contribution in [3.63, 3.8) is 0 Å². The summed E-state index contributed by atoms with van der Waals surface area (Å²) in [7, 11) is 0. The summed E-state index contributed by atoms with van der Waals surface area (Å²) in [5, 5.41) is 5.61. The van der Waals surface area contributed by atoms with Gasteiger partial charge in [-0.15, -0.1) is 0 Å². The molecular weight excluding hydrogens is 242 g/mol. The SMILES string of the molecule is CC(C)(CN)CNC(=O)c1ccc2c(c1)CC(=O)N2. The standard InChI is InChI=1S/C14H19N3O2/c1-14(2,7-15)8-16-13(19)9-3-4-11-10(5-9)6-12(18)17-11/h3-5H,6-8,15H2,1-2H3,(H,16,19)(H,17,18). The summed E-state index contributed by atoms with van der Waals surface area (Å²) in [5.41, 5.74) is 7.74. The smallest absolute Gasteiger partial charge is 0.251 e. The van der Waals surface area contributed by atoms with Gasteiger partial charge in [0, 0.05) is 17.8 Å². The molecule has 0 radical (unpaired) electrons. The number of carbonyl (C=O) groups excluding carboxylic acids is 2. The Kier molecular flexibility index (Phi) is 3.57. The Morgan fingerprint density at radius 1 is 1.47 bits per heavy atom. The third-order valence-electron chi connectivity index (χ3n) is 3.27. The van der Waals surface area contributed by atoms with Crippen LogP contribution in [0.1, 0.15) is 29.8 Å². The number of carbonyl (C=O) groups is 2. The maximum absolute atomic E-state index is 12.0.